The molecule has 0 radical (unpaired) electrons. The van der Waals surface area contributed by atoms with Crippen molar-refractivity contribution in [3.63, 3.8) is 0 Å². The number of carbonyl (C=O) groups is 1. The van der Waals surface area contributed by atoms with Gasteiger partial charge in [0.05, 0.1) is 0 Å². The first kappa shape index (κ1) is 9.88. The molecule has 1 saturated carbocycles. The first-order chi connectivity index (χ1) is 7.81. The second kappa shape index (κ2) is 3.62. The van der Waals surface area contributed by atoms with Crippen LogP contribution in [0.4, 0.5) is 0 Å². The molecule has 1 heterocycles. The first-order valence-corrected chi connectivity index (χ1v) is 6.08. The molecular formula is C14H16O2. The molecule has 1 aliphatic heterocycles. The van der Waals surface area contributed by atoms with Gasteiger partial charge in [-0.2, -0.15) is 0 Å². The van der Waals surface area contributed by atoms with Gasteiger partial charge < -0.3 is 4.74 Å². The molecule has 0 N–H and O–H groups in total. The topological polar surface area (TPSA) is 26.3 Å². The van der Waals surface area contributed by atoms with Gasteiger partial charge in [0, 0.05) is 12.0 Å². The van der Waals surface area contributed by atoms with Crippen molar-refractivity contribution in [2.45, 2.75) is 44.1 Å². The molecule has 1 aromatic carbocycles. The molecule has 0 saturated heterocycles. The first-order valence-electron chi connectivity index (χ1n) is 6.08. The molecule has 16 heavy (non-hydrogen) atoms. The summed E-state index contributed by atoms with van der Waals surface area (Å²) < 4.78 is 6.12. The molecule has 0 aromatic heterocycles. The smallest absolute Gasteiger partial charge is 0.150 e. The number of carbonyl (C=O) groups excluding carboxylic acids is 1. The molecule has 1 fully saturated rings. The quantitative estimate of drug-likeness (QED) is 0.674. The van der Waals surface area contributed by atoms with Crippen LogP contribution in [0.3, 0.4) is 0 Å². The number of benzene rings is 1. The Kier molecular flexibility index (Phi) is 2.23. The lowest BCUT2D eigenvalue weighted by Crippen LogP contribution is -2.36. The van der Waals surface area contributed by atoms with Crippen LogP contribution in [0, 0.1) is 0 Å². The average molecular weight is 216 g/mol. The highest BCUT2D eigenvalue weighted by atomic mass is 16.5. The van der Waals surface area contributed by atoms with Gasteiger partial charge in [0.2, 0.25) is 0 Å². The highest BCUT2D eigenvalue weighted by Crippen LogP contribution is 2.43. The third-order valence-corrected chi connectivity index (χ3v) is 3.83. The van der Waals surface area contributed by atoms with E-state index in [0.29, 0.717) is 5.56 Å². The van der Waals surface area contributed by atoms with Gasteiger partial charge in [-0.25, -0.2) is 0 Å². The molecule has 1 spiro atoms. The summed E-state index contributed by atoms with van der Waals surface area (Å²) >= 11 is 0. The van der Waals surface area contributed by atoms with E-state index in [9.17, 15) is 4.79 Å². The van der Waals surface area contributed by atoms with Gasteiger partial charge in [-0.3, -0.25) is 4.79 Å². The number of rotatable bonds is 1. The number of fused-ring (bicyclic) bond motifs is 1. The summed E-state index contributed by atoms with van der Waals surface area (Å²) in [4.78, 5) is 10.7. The van der Waals surface area contributed by atoms with E-state index >= 15 is 0 Å². The van der Waals surface area contributed by atoms with Gasteiger partial charge in [0.1, 0.15) is 17.6 Å². The summed E-state index contributed by atoms with van der Waals surface area (Å²) in [7, 11) is 0. The molecule has 2 heteroatoms. The minimum atomic E-state index is 0.0576. The van der Waals surface area contributed by atoms with Crippen molar-refractivity contribution in [1.29, 1.82) is 0 Å². The Balaban J connectivity index is 1.90. The monoisotopic (exact) mass is 216 g/mol. The third kappa shape index (κ3) is 1.53. The normalized spacial score (nSPS) is 21.5. The van der Waals surface area contributed by atoms with E-state index < -0.39 is 0 Å². The average Bonchev–Trinajstić information content (AvgIpc) is 2.66. The largest absolute Gasteiger partial charge is 0.487 e. The van der Waals surface area contributed by atoms with Crippen LogP contribution in [0.2, 0.25) is 0 Å². The molecule has 1 aromatic rings. The Morgan fingerprint density at radius 1 is 1.19 bits per heavy atom. The lowest BCUT2D eigenvalue weighted by Gasteiger charge is -2.32. The maximum atomic E-state index is 10.7. The van der Waals surface area contributed by atoms with Crippen LogP contribution in [-0.2, 0) is 6.42 Å². The maximum Gasteiger partial charge on any atom is 0.150 e. The van der Waals surface area contributed by atoms with Crippen molar-refractivity contribution in [3.8, 4) is 5.75 Å². The summed E-state index contributed by atoms with van der Waals surface area (Å²) in [6.07, 6.45) is 8.12. The van der Waals surface area contributed by atoms with Crippen LogP contribution >= 0.6 is 0 Å². The molecule has 0 unspecified atom stereocenters. The van der Waals surface area contributed by atoms with Crippen molar-refractivity contribution in [2.75, 3.05) is 0 Å². The fraction of sp³-hybridized carbons (Fsp3) is 0.500. The summed E-state index contributed by atoms with van der Waals surface area (Å²) in [5.74, 6) is 0.937. The molecule has 3 rings (SSSR count). The Morgan fingerprint density at radius 3 is 2.75 bits per heavy atom. The van der Waals surface area contributed by atoms with E-state index in [4.69, 9.17) is 4.74 Å². The second-order valence-electron chi connectivity index (χ2n) is 5.01. The van der Waals surface area contributed by atoms with Crippen molar-refractivity contribution in [2.24, 2.45) is 0 Å². The number of hydrogen-bond acceptors (Lipinski definition) is 2. The van der Waals surface area contributed by atoms with Gasteiger partial charge in [-0.05, 0) is 37.3 Å². The Morgan fingerprint density at radius 2 is 2.00 bits per heavy atom. The van der Waals surface area contributed by atoms with Crippen LogP contribution in [0.5, 0.6) is 5.75 Å². The molecule has 2 aliphatic rings. The number of aldehydes is 1. The highest BCUT2D eigenvalue weighted by Gasteiger charge is 2.40. The molecule has 2 nitrogen and oxygen atoms in total. The zero-order valence-corrected chi connectivity index (χ0v) is 9.37. The molecule has 84 valence electrons. The number of hydrogen-bond donors (Lipinski definition) is 0. The van der Waals surface area contributed by atoms with E-state index in [1.54, 1.807) is 0 Å². The zero-order valence-electron chi connectivity index (χ0n) is 9.37. The van der Waals surface area contributed by atoms with Gasteiger partial charge in [-0.15, -0.1) is 0 Å². The van der Waals surface area contributed by atoms with Crippen molar-refractivity contribution >= 4 is 6.29 Å². The van der Waals surface area contributed by atoms with Crippen LogP contribution in [0.15, 0.2) is 18.2 Å². The highest BCUT2D eigenvalue weighted by molar-refractivity contribution is 5.76. The fourth-order valence-electron chi connectivity index (χ4n) is 2.98. The lowest BCUT2D eigenvalue weighted by atomic mass is 9.82. The van der Waals surface area contributed by atoms with E-state index in [2.05, 4.69) is 0 Å². The summed E-state index contributed by atoms with van der Waals surface area (Å²) in [5, 5.41) is 0. The Hall–Kier alpha value is -1.31. The van der Waals surface area contributed by atoms with E-state index in [1.807, 2.05) is 18.2 Å². The van der Waals surface area contributed by atoms with Crippen molar-refractivity contribution in [1.82, 2.24) is 0 Å². The predicted molar refractivity (Wildman–Crippen MR) is 62.0 cm³/mol. The van der Waals surface area contributed by atoms with Gasteiger partial charge in [0.25, 0.3) is 0 Å². The standard InChI is InChI=1S/C14H16O2/c15-10-11-4-5-12-9-14(16-13(12)8-11)6-2-1-3-7-14/h4-5,8,10H,1-3,6-7,9H2. The van der Waals surface area contributed by atoms with Gasteiger partial charge >= 0.3 is 0 Å². The van der Waals surface area contributed by atoms with Crippen LogP contribution in [0.25, 0.3) is 0 Å². The molecule has 1 aliphatic carbocycles. The van der Waals surface area contributed by atoms with Crippen molar-refractivity contribution < 1.29 is 9.53 Å². The van der Waals surface area contributed by atoms with Crippen LogP contribution in [0.1, 0.15) is 48.0 Å². The molecular weight excluding hydrogens is 200 g/mol. The van der Waals surface area contributed by atoms with Gasteiger partial charge in [0.15, 0.2) is 0 Å². The van der Waals surface area contributed by atoms with Gasteiger partial charge in [-0.1, -0.05) is 18.6 Å². The van der Waals surface area contributed by atoms with E-state index in [1.165, 1.54) is 24.8 Å². The molecule has 0 bridgehead atoms. The minimum absolute atomic E-state index is 0.0576. The Labute approximate surface area is 95.6 Å². The third-order valence-electron chi connectivity index (χ3n) is 3.83. The van der Waals surface area contributed by atoms with E-state index in [-0.39, 0.29) is 5.60 Å². The summed E-state index contributed by atoms with van der Waals surface area (Å²) in [6, 6.07) is 5.81. The fourth-order valence-corrected chi connectivity index (χ4v) is 2.98. The minimum Gasteiger partial charge on any atom is -0.487 e. The second-order valence-corrected chi connectivity index (χ2v) is 5.01. The van der Waals surface area contributed by atoms with Crippen molar-refractivity contribution in [3.05, 3.63) is 29.3 Å². The van der Waals surface area contributed by atoms with Crippen LogP contribution in [-0.4, -0.2) is 11.9 Å². The van der Waals surface area contributed by atoms with Crippen LogP contribution < -0.4 is 4.74 Å². The molecule has 0 atom stereocenters. The predicted octanol–water partition coefficient (Wildman–Crippen LogP) is 3.14. The summed E-state index contributed by atoms with van der Waals surface area (Å²) in [6.45, 7) is 0. The Bertz CT molecular complexity index is 417. The van der Waals surface area contributed by atoms with E-state index in [0.717, 1.165) is 31.3 Å². The maximum absolute atomic E-state index is 10.7. The lowest BCUT2D eigenvalue weighted by molar-refractivity contribution is 0.0528. The molecule has 0 amide bonds. The number of ether oxygens (including phenoxy) is 1. The summed E-state index contributed by atoms with van der Waals surface area (Å²) in [5.41, 5.74) is 2.04. The SMILES string of the molecule is O=Cc1ccc2c(c1)OC1(CCCCC1)C2. The zero-order chi connectivity index (χ0) is 11.0.